The van der Waals surface area contributed by atoms with E-state index in [2.05, 4.69) is 34.3 Å². The zero-order chi connectivity index (χ0) is 12.8. The van der Waals surface area contributed by atoms with Crippen molar-refractivity contribution >= 4 is 5.82 Å². The first kappa shape index (κ1) is 12.8. The monoisotopic (exact) mass is 244 g/mol. The van der Waals surface area contributed by atoms with E-state index in [0.717, 1.165) is 25.5 Å². The lowest BCUT2D eigenvalue weighted by atomic mass is 10.2. The molecule has 0 radical (unpaired) electrons. The number of aromatic nitrogens is 1. The smallest absolute Gasteiger partial charge is 0.125 e. The maximum Gasteiger partial charge on any atom is 0.125 e. The van der Waals surface area contributed by atoms with Gasteiger partial charge in [-0.15, -0.1) is 0 Å². The van der Waals surface area contributed by atoms with Gasteiger partial charge in [-0.3, -0.25) is 4.90 Å². The minimum Gasteiger partial charge on any atom is -0.370 e. The van der Waals surface area contributed by atoms with Gasteiger partial charge in [-0.1, -0.05) is 6.07 Å². The molecule has 0 atom stereocenters. The predicted molar refractivity (Wildman–Crippen MR) is 72.1 cm³/mol. The van der Waals surface area contributed by atoms with E-state index in [0.29, 0.717) is 12.5 Å². The van der Waals surface area contributed by atoms with Crippen molar-refractivity contribution in [3.05, 3.63) is 23.9 Å². The molecule has 0 unspecified atom stereocenters. The maximum absolute atomic E-state index is 8.68. The summed E-state index contributed by atoms with van der Waals surface area (Å²) in [6, 6.07) is 7.05. The Hall–Kier alpha value is -1.60. The van der Waals surface area contributed by atoms with E-state index in [1.54, 1.807) is 0 Å². The van der Waals surface area contributed by atoms with E-state index in [1.807, 2.05) is 12.3 Å². The van der Waals surface area contributed by atoms with Crippen LogP contribution in [0.25, 0.3) is 0 Å². The quantitative estimate of drug-likeness (QED) is 0.800. The van der Waals surface area contributed by atoms with Crippen LogP contribution < -0.4 is 5.32 Å². The van der Waals surface area contributed by atoms with E-state index >= 15 is 0 Å². The second-order valence-corrected chi connectivity index (χ2v) is 4.69. The van der Waals surface area contributed by atoms with Gasteiger partial charge >= 0.3 is 0 Å². The summed E-state index contributed by atoms with van der Waals surface area (Å²) in [5, 5.41) is 11.9. The normalized spacial score (nSPS) is 14.5. The average molecular weight is 244 g/mol. The van der Waals surface area contributed by atoms with Crippen molar-refractivity contribution in [3.63, 3.8) is 0 Å². The third-order valence-corrected chi connectivity index (χ3v) is 3.14. The summed E-state index contributed by atoms with van der Waals surface area (Å²) in [6.45, 7) is 4.73. The van der Waals surface area contributed by atoms with Crippen LogP contribution in [-0.4, -0.2) is 29.0 Å². The molecule has 1 heterocycles. The molecule has 4 nitrogen and oxygen atoms in total. The van der Waals surface area contributed by atoms with Crippen molar-refractivity contribution in [2.75, 3.05) is 18.4 Å². The van der Waals surface area contributed by atoms with Crippen LogP contribution in [-0.2, 0) is 6.54 Å². The Labute approximate surface area is 109 Å². The molecule has 0 aliphatic heterocycles. The summed E-state index contributed by atoms with van der Waals surface area (Å²) in [4.78, 5) is 6.77. The highest BCUT2D eigenvalue weighted by Crippen LogP contribution is 2.28. The van der Waals surface area contributed by atoms with Crippen molar-refractivity contribution < 1.29 is 0 Å². The third-order valence-electron chi connectivity index (χ3n) is 3.14. The number of hydrogen-bond acceptors (Lipinski definition) is 4. The summed E-state index contributed by atoms with van der Waals surface area (Å²) < 4.78 is 0. The van der Waals surface area contributed by atoms with Crippen molar-refractivity contribution in [2.45, 2.75) is 38.8 Å². The van der Waals surface area contributed by atoms with Crippen molar-refractivity contribution in [3.8, 4) is 6.07 Å². The van der Waals surface area contributed by atoms with Crippen LogP contribution in [0.1, 0.15) is 31.7 Å². The molecular formula is C14H20N4. The number of hydrogen-bond donors (Lipinski definition) is 1. The Kier molecular flexibility index (Phi) is 4.54. The maximum atomic E-state index is 8.68. The number of anilines is 1. The largest absolute Gasteiger partial charge is 0.370 e. The van der Waals surface area contributed by atoms with Crippen LogP contribution in [0.15, 0.2) is 18.3 Å². The van der Waals surface area contributed by atoms with Gasteiger partial charge in [0.25, 0.3) is 0 Å². The summed E-state index contributed by atoms with van der Waals surface area (Å²) in [5.74, 6) is 0.927. The van der Waals surface area contributed by atoms with Gasteiger partial charge in [0.1, 0.15) is 5.82 Å². The van der Waals surface area contributed by atoms with E-state index < -0.39 is 0 Å². The molecule has 96 valence electrons. The molecule has 18 heavy (non-hydrogen) atoms. The van der Waals surface area contributed by atoms with Crippen LogP contribution >= 0.6 is 0 Å². The molecule has 1 fully saturated rings. The highest BCUT2D eigenvalue weighted by atomic mass is 15.2. The highest BCUT2D eigenvalue weighted by Gasteiger charge is 2.28. The average Bonchev–Trinajstić information content (AvgIpc) is 3.21. The first-order valence-electron chi connectivity index (χ1n) is 6.63. The van der Waals surface area contributed by atoms with Gasteiger partial charge in [0.2, 0.25) is 0 Å². The topological polar surface area (TPSA) is 52.0 Å². The van der Waals surface area contributed by atoms with Crippen LogP contribution in [0, 0.1) is 11.3 Å². The SMILES string of the molecule is CCNc1ccc(CN(CCC#N)C2CC2)cn1. The molecule has 1 N–H and O–H groups in total. The molecule has 4 heteroatoms. The molecule has 1 aliphatic carbocycles. The molecule has 0 spiro atoms. The number of nitrogens with one attached hydrogen (secondary N) is 1. The molecule has 1 saturated carbocycles. The molecule has 1 aromatic heterocycles. The lowest BCUT2D eigenvalue weighted by molar-refractivity contribution is 0.260. The van der Waals surface area contributed by atoms with Crippen molar-refractivity contribution in [1.82, 2.24) is 9.88 Å². The molecule has 0 amide bonds. The Balaban J connectivity index is 1.91. The lowest BCUT2D eigenvalue weighted by Gasteiger charge is -2.20. The summed E-state index contributed by atoms with van der Waals surface area (Å²) in [5.41, 5.74) is 1.22. The third kappa shape index (κ3) is 3.71. The summed E-state index contributed by atoms with van der Waals surface area (Å²) in [7, 11) is 0. The second-order valence-electron chi connectivity index (χ2n) is 4.69. The fourth-order valence-corrected chi connectivity index (χ4v) is 2.06. The van der Waals surface area contributed by atoms with E-state index in [-0.39, 0.29) is 0 Å². The molecule has 1 aromatic rings. The number of rotatable bonds is 7. The standard InChI is InChI=1S/C14H20N4/c1-2-16-14-7-4-12(10-17-14)11-18(9-3-8-15)13-5-6-13/h4,7,10,13H,2-3,5-6,9,11H2,1H3,(H,16,17). The van der Waals surface area contributed by atoms with Crippen LogP contribution in [0.2, 0.25) is 0 Å². The molecule has 1 aliphatic rings. The van der Waals surface area contributed by atoms with Gasteiger partial charge < -0.3 is 5.32 Å². The van der Waals surface area contributed by atoms with E-state index in [9.17, 15) is 0 Å². The molecule has 0 saturated heterocycles. The number of nitrogens with zero attached hydrogens (tertiary/aromatic N) is 3. The first-order chi connectivity index (χ1) is 8.83. The van der Waals surface area contributed by atoms with Gasteiger partial charge in [-0.05, 0) is 31.4 Å². The first-order valence-corrected chi connectivity index (χ1v) is 6.63. The van der Waals surface area contributed by atoms with Crippen molar-refractivity contribution in [2.24, 2.45) is 0 Å². The van der Waals surface area contributed by atoms with Gasteiger partial charge in [0, 0.05) is 38.3 Å². The molecule has 0 bridgehead atoms. The van der Waals surface area contributed by atoms with Crippen LogP contribution in [0.3, 0.4) is 0 Å². The van der Waals surface area contributed by atoms with Gasteiger partial charge in [-0.2, -0.15) is 5.26 Å². The fourth-order valence-electron chi connectivity index (χ4n) is 2.06. The van der Waals surface area contributed by atoms with E-state index in [4.69, 9.17) is 5.26 Å². The Morgan fingerprint density at radius 3 is 2.89 bits per heavy atom. The molecular weight excluding hydrogens is 224 g/mol. The minimum absolute atomic E-state index is 0.611. The lowest BCUT2D eigenvalue weighted by Crippen LogP contribution is -2.26. The van der Waals surface area contributed by atoms with Gasteiger partial charge in [0.05, 0.1) is 6.07 Å². The van der Waals surface area contributed by atoms with Crippen LogP contribution in [0.5, 0.6) is 0 Å². The summed E-state index contributed by atoms with van der Waals surface area (Å²) >= 11 is 0. The minimum atomic E-state index is 0.611. The van der Waals surface area contributed by atoms with Gasteiger partial charge in [0.15, 0.2) is 0 Å². The number of nitriles is 1. The molecule has 0 aromatic carbocycles. The van der Waals surface area contributed by atoms with Crippen LogP contribution in [0.4, 0.5) is 5.82 Å². The fraction of sp³-hybridized carbons (Fsp3) is 0.571. The highest BCUT2D eigenvalue weighted by molar-refractivity contribution is 5.35. The summed E-state index contributed by atoms with van der Waals surface area (Å²) in [6.07, 6.45) is 5.09. The zero-order valence-electron chi connectivity index (χ0n) is 10.9. The van der Waals surface area contributed by atoms with E-state index in [1.165, 1.54) is 18.4 Å². The predicted octanol–water partition coefficient (Wildman–Crippen LogP) is 2.39. The Morgan fingerprint density at radius 1 is 1.50 bits per heavy atom. The number of pyridine rings is 1. The molecule has 2 rings (SSSR count). The Bertz CT molecular complexity index is 403. The van der Waals surface area contributed by atoms with Crippen molar-refractivity contribution in [1.29, 1.82) is 5.26 Å². The van der Waals surface area contributed by atoms with Gasteiger partial charge in [-0.25, -0.2) is 4.98 Å². The Morgan fingerprint density at radius 2 is 2.33 bits per heavy atom. The second kappa shape index (κ2) is 6.36. The zero-order valence-corrected chi connectivity index (χ0v) is 10.9.